The lowest BCUT2D eigenvalue weighted by Crippen LogP contribution is -2.28. The molecule has 0 atom stereocenters. The number of esters is 1. The number of aromatic carboxylic acids is 1. The normalized spacial score (nSPS) is 12.0. The molecule has 10 heterocycles. The van der Waals surface area contributed by atoms with Gasteiger partial charge >= 0.3 is 11.9 Å². The number of carboxylic acids is 1. The maximum atomic E-state index is 14.7. The number of rotatable bonds is 22. The van der Waals surface area contributed by atoms with Gasteiger partial charge in [-0.2, -0.15) is 0 Å². The lowest BCUT2D eigenvalue weighted by Gasteiger charge is -2.13. The Morgan fingerprint density at radius 1 is 0.281 bits per heavy atom. The van der Waals surface area contributed by atoms with Crippen LogP contribution >= 0.6 is 0 Å². The van der Waals surface area contributed by atoms with Crippen LogP contribution in [-0.4, -0.2) is 108 Å². The third-order valence-corrected chi connectivity index (χ3v) is 23.6. The SMILES string of the molecule is Cc1cc(C)c(-c2c3nc(c(-c4ccc(C(=O)Oc5ccc(-c6c7nc(c(-c8ccccc8)c8ccc([nH]8)c(-c8ccc(C(=O)NCCOCCOCCNC(=O)c9ccccc9)cc8)c8nc(c(-c9ccccc9)c9ccc6[nH]9)C=C8)C=C7)cc5)cc4)c4ccc([nH]4)c(-c4c(C)cc(C)cc4C)c4nc(c(-c5ccc(C(=O)O)cc5)c5ccc2[nH]5)C=C4)C=C3)c(C)c1. The first-order valence-electron chi connectivity index (χ1n) is 42.7. The van der Waals surface area contributed by atoms with Crippen LogP contribution in [0.15, 0.2) is 261 Å². The highest BCUT2D eigenvalue weighted by molar-refractivity contribution is 6.05. The second-order valence-corrected chi connectivity index (χ2v) is 32.3. The lowest BCUT2D eigenvalue weighted by molar-refractivity contribution is 0.0486. The predicted octanol–water partition coefficient (Wildman–Crippen LogP) is 23.9. The first-order chi connectivity index (χ1) is 62.5. The highest BCUT2D eigenvalue weighted by atomic mass is 16.5. The van der Waals surface area contributed by atoms with Gasteiger partial charge in [0, 0.05) is 113 Å². The number of carbonyl (C=O) groups excluding carboxylic acids is 3. The van der Waals surface area contributed by atoms with Crippen molar-refractivity contribution in [1.82, 2.24) is 50.5 Å². The van der Waals surface area contributed by atoms with Gasteiger partial charge in [0.1, 0.15) is 5.75 Å². The summed E-state index contributed by atoms with van der Waals surface area (Å²) in [5.74, 6) is -1.60. The quantitative estimate of drug-likeness (QED) is 0.0190. The molecule has 0 spiro atoms. The van der Waals surface area contributed by atoms with Crippen molar-refractivity contribution >= 4 is 116 Å². The first-order valence-corrected chi connectivity index (χ1v) is 42.7. The average molecular weight is 1680 g/mol. The van der Waals surface area contributed by atoms with Crippen molar-refractivity contribution in [3.05, 3.63) is 362 Å². The Labute approximate surface area is 738 Å². The van der Waals surface area contributed by atoms with Gasteiger partial charge in [-0.3, -0.25) is 9.59 Å². The van der Waals surface area contributed by atoms with Gasteiger partial charge in [-0.05, 0) is 266 Å². The number of hydrogen-bond acceptors (Lipinski definition) is 11. The van der Waals surface area contributed by atoms with Gasteiger partial charge in [-0.25, -0.2) is 29.5 Å². The summed E-state index contributed by atoms with van der Waals surface area (Å²) >= 11 is 0. The second kappa shape index (κ2) is 35.3. The summed E-state index contributed by atoms with van der Waals surface area (Å²) in [6, 6.07) is 84.5. The van der Waals surface area contributed by atoms with Crippen LogP contribution in [0.25, 0.3) is 182 Å². The largest absolute Gasteiger partial charge is 0.478 e. The topological polar surface area (TPSA) is 255 Å². The van der Waals surface area contributed by atoms with E-state index >= 15 is 0 Å². The van der Waals surface area contributed by atoms with Gasteiger partial charge in [0.15, 0.2) is 0 Å². The number of carboxylic acid groups (broad SMARTS) is 1. The molecule has 16 bridgehead atoms. The van der Waals surface area contributed by atoms with E-state index in [0.717, 1.165) is 189 Å². The number of aromatic amines is 4. The average Bonchev–Trinajstić information content (AvgIpc) is 1.78. The van der Waals surface area contributed by atoms with Crippen molar-refractivity contribution in [2.24, 2.45) is 0 Å². The molecule has 6 aromatic heterocycles. The minimum absolute atomic E-state index is 0.153. The molecule has 9 aromatic carbocycles. The van der Waals surface area contributed by atoms with Gasteiger partial charge in [-0.1, -0.05) is 163 Å². The molecule has 2 amide bonds. The van der Waals surface area contributed by atoms with E-state index in [1.165, 1.54) is 0 Å². The summed E-state index contributed by atoms with van der Waals surface area (Å²) in [6.45, 7) is 14.7. The van der Waals surface area contributed by atoms with Gasteiger partial charge in [0.05, 0.1) is 83.1 Å². The lowest BCUT2D eigenvalue weighted by atomic mass is 9.92. The molecule has 626 valence electrons. The molecule has 18 nitrogen and oxygen atoms in total. The number of aromatic nitrogens is 8. The van der Waals surface area contributed by atoms with E-state index in [2.05, 4.69) is 200 Å². The Hall–Kier alpha value is -16.0. The van der Waals surface area contributed by atoms with E-state index < -0.39 is 11.9 Å². The van der Waals surface area contributed by atoms with E-state index in [-0.39, 0.29) is 17.4 Å². The maximum Gasteiger partial charge on any atom is 0.343 e. The molecule has 4 aliphatic heterocycles. The Morgan fingerprint density at radius 3 is 0.852 bits per heavy atom. The monoisotopic (exact) mass is 1680 g/mol. The highest BCUT2D eigenvalue weighted by Gasteiger charge is 2.26. The van der Waals surface area contributed by atoms with E-state index in [9.17, 15) is 24.3 Å². The second-order valence-electron chi connectivity index (χ2n) is 32.3. The molecule has 15 aromatic rings. The summed E-state index contributed by atoms with van der Waals surface area (Å²) in [6.07, 6.45) is 16.4. The molecule has 0 saturated heterocycles. The molecule has 0 unspecified atom stereocenters. The number of nitrogens with one attached hydrogen (secondary N) is 6. The van der Waals surface area contributed by atoms with Crippen molar-refractivity contribution in [3.8, 4) is 94.8 Å². The number of carbonyl (C=O) groups is 4. The molecule has 0 aliphatic carbocycles. The Balaban J connectivity index is 0.656. The summed E-state index contributed by atoms with van der Waals surface area (Å²) in [5.41, 5.74) is 34.5. The minimum Gasteiger partial charge on any atom is -0.478 e. The minimum atomic E-state index is -1.01. The fraction of sp³-hybridized carbons (Fsp3) is 0.109. The molecular weight excluding hydrogens is 1590 g/mol. The van der Waals surface area contributed by atoms with E-state index in [1.54, 1.807) is 36.4 Å². The van der Waals surface area contributed by atoms with Gasteiger partial charge in [-0.15, -0.1) is 0 Å². The summed E-state index contributed by atoms with van der Waals surface area (Å²) in [7, 11) is 0. The zero-order valence-electron chi connectivity index (χ0n) is 71.3. The van der Waals surface area contributed by atoms with Crippen LogP contribution in [0.1, 0.15) is 120 Å². The molecule has 0 radical (unpaired) electrons. The van der Waals surface area contributed by atoms with Crippen molar-refractivity contribution in [3.63, 3.8) is 0 Å². The molecule has 7 N–H and O–H groups in total. The van der Waals surface area contributed by atoms with Crippen LogP contribution in [0.4, 0.5) is 0 Å². The summed E-state index contributed by atoms with van der Waals surface area (Å²) in [4.78, 5) is 90.6. The number of aryl methyl sites for hydroxylation is 6. The number of nitrogens with zero attached hydrogens (tertiary/aromatic N) is 4. The Morgan fingerprint density at radius 2 is 0.539 bits per heavy atom. The van der Waals surface area contributed by atoms with Gasteiger partial charge in [0.25, 0.3) is 11.8 Å². The predicted molar refractivity (Wildman–Crippen MR) is 514 cm³/mol. The van der Waals surface area contributed by atoms with Crippen LogP contribution in [-0.2, 0) is 9.47 Å². The zero-order valence-corrected chi connectivity index (χ0v) is 71.3. The van der Waals surface area contributed by atoms with Crippen LogP contribution in [0.5, 0.6) is 5.75 Å². The molecule has 4 aliphatic rings. The Bertz CT molecular complexity index is 7330. The molecule has 0 fully saturated rings. The summed E-state index contributed by atoms with van der Waals surface area (Å²) < 4.78 is 17.7. The highest BCUT2D eigenvalue weighted by Crippen LogP contribution is 2.45. The fourth-order valence-electron chi connectivity index (χ4n) is 17.9. The standard InChI is InChI=1S/C110H88N10O8/c1-64-60-66(3)97(67(4)61-64)105-93-50-46-89(117-93)102(73-24-30-78(31-25-73)109(123)124)90-47-51-94(118-90)106(98-68(5)62-65(2)63-69(98)6)96-53-49-92(120-96)103(91-48-52-95(105)119-91)74-26-32-79(33-27-74)110(125)128-80-36-34-75(35-37-80)104-87-44-40-83(115-87)99(70-16-10-7-11-17-70)81-38-42-85(113-81)101(86-43-39-82(114-86)100(71-18-12-8-13-19-71)84-41-45-88(104)116-84)72-22-28-77(29-23-72)108(122)112-55-57-127-59-58-126-56-54-111-107(121)76-20-14-9-15-21-76/h7-53,60-63,113,116-117,120H,54-59H2,1-6H3,(H,111,121)(H,112,122)(H,123,124). The van der Waals surface area contributed by atoms with Crippen molar-refractivity contribution in [2.45, 2.75) is 41.5 Å². The Kier molecular flexibility index (Phi) is 22.5. The number of fused-ring (bicyclic) bond motifs is 16. The van der Waals surface area contributed by atoms with Crippen molar-refractivity contribution < 1.29 is 38.5 Å². The molecule has 128 heavy (non-hydrogen) atoms. The number of ether oxygens (including phenoxy) is 3. The first kappa shape index (κ1) is 81.6. The number of benzene rings is 9. The zero-order chi connectivity index (χ0) is 87.6. The molecule has 0 saturated carbocycles. The molecular formula is C110H88N10O8. The van der Waals surface area contributed by atoms with Gasteiger partial charge in [0.2, 0.25) is 0 Å². The molecule has 19 rings (SSSR count). The number of H-pyrrole nitrogens is 4. The van der Waals surface area contributed by atoms with Crippen LogP contribution in [0, 0.1) is 41.5 Å². The van der Waals surface area contributed by atoms with E-state index in [1.807, 2.05) is 146 Å². The number of hydrogen-bond donors (Lipinski definition) is 7. The fourth-order valence-corrected chi connectivity index (χ4v) is 17.9. The van der Waals surface area contributed by atoms with Crippen molar-refractivity contribution in [2.75, 3.05) is 39.5 Å². The van der Waals surface area contributed by atoms with E-state index in [0.29, 0.717) is 84.7 Å². The van der Waals surface area contributed by atoms with Crippen molar-refractivity contribution in [1.29, 1.82) is 0 Å². The van der Waals surface area contributed by atoms with Crippen LogP contribution < -0.4 is 15.4 Å². The summed E-state index contributed by atoms with van der Waals surface area (Å²) in [5, 5.41) is 15.9. The van der Waals surface area contributed by atoms with Crippen LogP contribution in [0.3, 0.4) is 0 Å². The third kappa shape index (κ3) is 16.5. The van der Waals surface area contributed by atoms with Gasteiger partial charge < -0.3 is 49.9 Å². The van der Waals surface area contributed by atoms with E-state index in [4.69, 9.17) is 34.1 Å². The third-order valence-electron chi connectivity index (χ3n) is 23.6. The smallest absolute Gasteiger partial charge is 0.343 e. The number of amides is 2. The maximum absolute atomic E-state index is 14.7. The van der Waals surface area contributed by atoms with Crippen LogP contribution in [0.2, 0.25) is 0 Å². The molecule has 18 heteroatoms.